The quantitative estimate of drug-likeness (QED) is 0.501. The van der Waals surface area contributed by atoms with Crippen LogP contribution in [-0.4, -0.2) is 16.4 Å². The van der Waals surface area contributed by atoms with E-state index in [1.54, 1.807) is 24.3 Å². The molecule has 0 aliphatic heterocycles. The number of aldehydes is 1. The predicted octanol–water partition coefficient (Wildman–Crippen LogP) is 4.88. The third-order valence-corrected chi connectivity index (χ3v) is 3.97. The number of rotatable bonds is 4. The van der Waals surface area contributed by atoms with Gasteiger partial charge in [-0.2, -0.15) is 4.98 Å². The summed E-state index contributed by atoms with van der Waals surface area (Å²) in [7, 11) is 0. The molecule has 0 saturated carbocycles. The van der Waals surface area contributed by atoms with Gasteiger partial charge in [0.15, 0.2) is 0 Å². The first-order valence-electron chi connectivity index (χ1n) is 7.89. The maximum absolute atomic E-state index is 10.7. The Morgan fingerprint density at radius 3 is 1.96 bits per heavy atom. The van der Waals surface area contributed by atoms with Gasteiger partial charge in [0.2, 0.25) is 5.82 Å². The summed E-state index contributed by atoms with van der Waals surface area (Å²) in [5, 5.41) is 4.02. The van der Waals surface area contributed by atoms with Crippen molar-refractivity contribution in [3.8, 4) is 34.0 Å². The van der Waals surface area contributed by atoms with Gasteiger partial charge in [-0.3, -0.25) is 4.79 Å². The Balaban J connectivity index is 1.60. The van der Waals surface area contributed by atoms with Crippen LogP contribution in [0.4, 0.5) is 0 Å². The number of nitrogens with zero attached hydrogens (tertiary/aromatic N) is 2. The van der Waals surface area contributed by atoms with Crippen molar-refractivity contribution in [1.29, 1.82) is 0 Å². The van der Waals surface area contributed by atoms with Crippen LogP contribution in [0.3, 0.4) is 0 Å². The van der Waals surface area contributed by atoms with E-state index in [9.17, 15) is 4.79 Å². The average Bonchev–Trinajstić information content (AvgIpc) is 3.19. The fraction of sp³-hybridized carbons (Fsp3) is 0. The molecule has 4 rings (SSSR count). The molecule has 0 unspecified atom stereocenters. The standard InChI is InChI=1S/C21H14N2O2/c24-14-15-6-8-18(9-7-15)20-22-21(25-23-20)19-12-10-17(11-13-19)16-4-2-1-3-5-16/h1-14H. The lowest BCUT2D eigenvalue weighted by atomic mass is 10.0. The average molecular weight is 326 g/mol. The molecular weight excluding hydrogens is 312 g/mol. The Labute approximate surface area is 144 Å². The first-order valence-corrected chi connectivity index (χ1v) is 7.89. The Bertz CT molecular complexity index is 988. The van der Waals surface area contributed by atoms with E-state index in [2.05, 4.69) is 22.3 Å². The summed E-state index contributed by atoms with van der Waals surface area (Å²) >= 11 is 0. The van der Waals surface area contributed by atoms with E-state index in [0.29, 0.717) is 17.3 Å². The van der Waals surface area contributed by atoms with Crippen LogP contribution in [0.25, 0.3) is 34.0 Å². The summed E-state index contributed by atoms with van der Waals surface area (Å²) in [6, 6.07) is 25.2. The minimum atomic E-state index is 0.467. The van der Waals surface area contributed by atoms with E-state index in [4.69, 9.17) is 4.52 Å². The summed E-state index contributed by atoms with van der Waals surface area (Å²) in [6.45, 7) is 0. The monoisotopic (exact) mass is 326 g/mol. The molecule has 25 heavy (non-hydrogen) atoms. The van der Waals surface area contributed by atoms with E-state index in [0.717, 1.165) is 28.5 Å². The van der Waals surface area contributed by atoms with E-state index >= 15 is 0 Å². The second kappa shape index (κ2) is 6.53. The van der Waals surface area contributed by atoms with Gasteiger partial charge in [0.25, 0.3) is 5.89 Å². The molecule has 120 valence electrons. The Kier molecular flexibility index (Phi) is 3.92. The van der Waals surface area contributed by atoms with Crippen LogP contribution in [0, 0.1) is 0 Å². The lowest BCUT2D eigenvalue weighted by molar-refractivity contribution is 0.112. The fourth-order valence-electron chi connectivity index (χ4n) is 2.60. The largest absolute Gasteiger partial charge is 0.334 e. The molecular formula is C21H14N2O2. The summed E-state index contributed by atoms with van der Waals surface area (Å²) in [5.74, 6) is 0.966. The van der Waals surface area contributed by atoms with Crippen LogP contribution in [0.15, 0.2) is 83.4 Å². The highest BCUT2D eigenvalue weighted by Crippen LogP contribution is 2.25. The highest BCUT2D eigenvalue weighted by atomic mass is 16.5. The van der Waals surface area contributed by atoms with E-state index in [-0.39, 0.29) is 0 Å². The zero-order chi connectivity index (χ0) is 17.1. The summed E-state index contributed by atoms with van der Waals surface area (Å²) in [4.78, 5) is 15.2. The van der Waals surface area contributed by atoms with Gasteiger partial charge in [-0.1, -0.05) is 71.9 Å². The van der Waals surface area contributed by atoms with Gasteiger partial charge in [-0.15, -0.1) is 0 Å². The number of hydrogen-bond acceptors (Lipinski definition) is 4. The predicted molar refractivity (Wildman–Crippen MR) is 96.0 cm³/mol. The van der Waals surface area contributed by atoms with E-state index in [1.807, 2.05) is 42.5 Å². The van der Waals surface area contributed by atoms with Gasteiger partial charge in [0, 0.05) is 16.7 Å². The molecule has 0 bridgehead atoms. The van der Waals surface area contributed by atoms with Crippen molar-refractivity contribution in [2.24, 2.45) is 0 Å². The lowest BCUT2D eigenvalue weighted by Crippen LogP contribution is -1.84. The van der Waals surface area contributed by atoms with Gasteiger partial charge in [-0.25, -0.2) is 0 Å². The van der Waals surface area contributed by atoms with E-state index < -0.39 is 0 Å². The summed E-state index contributed by atoms with van der Waals surface area (Å²) in [6.07, 6.45) is 0.805. The van der Waals surface area contributed by atoms with Crippen molar-refractivity contribution in [1.82, 2.24) is 10.1 Å². The molecule has 0 aliphatic rings. The van der Waals surface area contributed by atoms with Crippen molar-refractivity contribution in [2.45, 2.75) is 0 Å². The van der Waals surface area contributed by atoms with Crippen molar-refractivity contribution in [3.05, 3.63) is 84.4 Å². The Morgan fingerprint density at radius 2 is 1.28 bits per heavy atom. The van der Waals surface area contributed by atoms with Crippen molar-refractivity contribution in [2.75, 3.05) is 0 Å². The minimum absolute atomic E-state index is 0.467. The minimum Gasteiger partial charge on any atom is -0.334 e. The maximum atomic E-state index is 10.7. The number of aromatic nitrogens is 2. The number of carbonyl (C=O) groups excluding carboxylic acids is 1. The molecule has 4 aromatic rings. The molecule has 0 atom stereocenters. The van der Waals surface area contributed by atoms with Crippen LogP contribution in [0.5, 0.6) is 0 Å². The molecule has 0 radical (unpaired) electrons. The molecule has 1 heterocycles. The second-order valence-electron chi connectivity index (χ2n) is 5.61. The molecule has 1 aromatic heterocycles. The number of benzene rings is 3. The number of hydrogen-bond donors (Lipinski definition) is 0. The fourth-order valence-corrected chi connectivity index (χ4v) is 2.60. The zero-order valence-corrected chi connectivity index (χ0v) is 13.3. The molecule has 0 spiro atoms. The highest BCUT2D eigenvalue weighted by molar-refractivity contribution is 5.76. The van der Waals surface area contributed by atoms with Gasteiger partial charge in [0.1, 0.15) is 6.29 Å². The van der Waals surface area contributed by atoms with Crippen LogP contribution >= 0.6 is 0 Å². The van der Waals surface area contributed by atoms with E-state index in [1.165, 1.54) is 0 Å². The first-order chi connectivity index (χ1) is 12.3. The molecule has 4 heteroatoms. The topological polar surface area (TPSA) is 56.0 Å². The van der Waals surface area contributed by atoms with Gasteiger partial charge in [-0.05, 0) is 23.3 Å². The second-order valence-corrected chi connectivity index (χ2v) is 5.61. The molecule has 4 nitrogen and oxygen atoms in total. The maximum Gasteiger partial charge on any atom is 0.258 e. The molecule has 0 amide bonds. The van der Waals surface area contributed by atoms with Crippen LogP contribution < -0.4 is 0 Å². The van der Waals surface area contributed by atoms with Crippen LogP contribution in [-0.2, 0) is 0 Å². The smallest absolute Gasteiger partial charge is 0.258 e. The normalized spacial score (nSPS) is 10.6. The number of carbonyl (C=O) groups is 1. The Hall–Kier alpha value is -3.53. The summed E-state index contributed by atoms with van der Waals surface area (Å²) in [5.41, 5.74) is 4.58. The van der Waals surface area contributed by atoms with Gasteiger partial charge in [0.05, 0.1) is 0 Å². The SMILES string of the molecule is O=Cc1ccc(-c2noc(-c3ccc(-c4ccccc4)cc3)n2)cc1. The van der Waals surface area contributed by atoms with Crippen molar-refractivity contribution < 1.29 is 9.32 Å². The van der Waals surface area contributed by atoms with Crippen LogP contribution in [0.1, 0.15) is 10.4 Å². The Morgan fingerprint density at radius 1 is 0.680 bits per heavy atom. The highest BCUT2D eigenvalue weighted by Gasteiger charge is 2.10. The third-order valence-electron chi connectivity index (χ3n) is 3.97. The van der Waals surface area contributed by atoms with Crippen molar-refractivity contribution in [3.63, 3.8) is 0 Å². The molecule has 0 N–H and O–H groups in total. The van der Waals surface area contributed by atoms with Gasteiger partial charge < -0.3 is 4.52 Å². The lowest BCUT2D eigenvalue weighted by Gasteiger charge is -2.01. The molecule has 0 fully saturated rings. The molecule has 0 aliphatic carbocycles. The molecule has 0 saturated heterocycles. The first kappa shape index (κ1) is 15.0. The van der Waals surface area contributed by atoms with Crippen LogP contribution in [0.2, 0.25) is 0 Å². The summed E-state index contributed by atoms with van der Waals surface area (Å²) < 4.78 is 5.38. The van der Waals surface area contributed by atoms with Gasteiger partial charge >= 0.3 is 0 Å². The molecule has 3 aromatic carbocycles. The zero-order valence-electron chi connectivity index (χ0n) is 13.3. The third kappa shape index (κ3) is 3.10. The van der Waals surface area contributed by atoms with Crippen molar-refractivity contribution >= 4 is 6.29 Å².